The number of carbonyl (C=O) groups excluding carboxylic acids is 1. The molecule has 1 aromatic rings. The first-order valence-corrected chi connectivity index (χ1v) is 10.5. The summed E-state index contributed by atoms with van der Waals surface area (Å²) in [5, 5.41) is 0. The second-order valence-corrected chi connectivity index (χ2v) is 9.79. The van der Waals surface area contributed by atoms with E-state index in [4.69, 9.17) is 9.31 Å². The zero-order chi connectivity index (χ0) is 21.6. The molecule has 0 saturated carbocycles. The molecule has 2 aliphatic heterocycles. The first-order valence-electron chi connectivity index (χ1n) is 10.5. The minimum Gasteiger partial charge on any atom is -0.399 e. The lowest BCUT2D eigenvalue weighted by Crippen LogP contribution is -2.50. The quantitative estimate of drug-likeness (QED) is 0.708. The maximum Gasteiger partial charge on any atom is 0.497 e. The predicted molar refractivity (Wildman–Crippen MR) is 114 cm³/mol. The maximum absolute atomic E-state index is 15.2. The second kappa shape index (κ2) is 8.01. The minimum atomic E-state index is -0.728. The fraction of sp³-hybridized carbons (Fsp3) is 0.682. The van der Waals surface area contributed by atoms with Gasteiger partial charge in [0.2, 0.25) is 5.91 Å². The van der Waals surface area contributed by atoms with Crippen molar-refractivity contribution >= 4 is 18.5 Å². The first kappa shape index (κ1) is 22.3. The molecule has 5 nitrogen and oxygen atoms in total. The Bertz CT molecular complexity index is 766. The Balaban J connectivity index is 1.72. The zero-order valence-electron chi connectivity index (χ0n) is 18.8. The van der Waals surface area contributed by atoms with Gasteiger partial charge in [-0.05, 0) is 51.7 Å². The fourth-order valence-corrected chi connectivity index (χ4v) is 3.87. The van der Waals surface area contributed by atoms with Crippen LogP contribution in [0.15, 0.2) is 12.1 Å². The molecule has 0 N–H and O–H groups in total. The molecule has 160 valence electrons. The van der Waals surface area contributed by atoms with Crippen LogP contribution in [0, 0.1) is 18.7 Å². The summed E-state index contributed by atoms with van der Waals surface area (Å²) in [6.07, 6.45) is 0. The number of hydrogen-bond donors (Lipinski definition) is 0. The van der Waals surface area contributed by atoms with E-state index in [0.717, 1.165) is 18.7 Å². The molecule has 2 fully saturated rings. The molecule has 0 bridgehead atoms. The Morgan fingerprint density at radius 1 is 1.14 bits per heavy atom. The molecule has 2 saturated heterocycles. The number of piperazine rings is 1. The van der Waals surface area contributed by atoms with Crippen molar-refractivity contribution in [1.82, 2.24) is 9.80 Å². The minimum absolute atomic E-state index is 0.103. The third-order valence-electron chi connectivity index (χ3n) is 6.42. The van der Waals surface area contributed by atoms with Gasteiger partial charge in [0, 0.05) is 31.6 Å². The molecule has 2 aliphatic rings. The SMILES string of the molecule is Cc1c(CN2CCN(CC(C)C)CC2=O)ccc(B2OC(C)(C)C(C)(C)O2)c1F. The Labute approximate surface area is 174 Å². The lowest BCUT2D eigenvalue weighted by Gasteiger charge is -2.35. The molecular weight excluding hydrogens is 370 g/mol. The topological polar surface area (TPSA) is 42.0 Å². The highest BCUT2D eigenvalue weighted by Crippen LogP contribution is 2.36. The van der Waals surface area contributed by atoms with Crippen molar-refractivity contribution < 1.29 is 18.5 Å². The van der Waals surface area contributed by atoms with Gasteiger partial charge in [0.15, 0.2) is 0 Å². The van der Waals surface area contributed by atoms with E-state index in [0.29, 0.717) is 36.6 Å². The molecule has 0 spiro atoms. The fourth-order valence-electron chi connectivity index (χ4n) is 3.87. The maximum atomic E-state index is 15.2. The summed E-state index contributed by atoms with van der Waals surface area (Å²) in [7, 11) is -0.728. The van der Waals surface area contributed by atoms with Crippen molar-refractivity contribution in [2.45, 2.75) is 66.2 Å². The Morgan fingerprint density at radius 3 is 2.31 bits per heavy atom. The van der Waals surface area contributed by atoms with Crippen LogP contribution < -0.4 is 5.46 Å². The van der Waals surface area contributed by atoms with Gasteiger partial charge >= 0.3 is 7.12 Å². The van der Waals surface area contributed by atoms with Gasteiger partial charge < -0.3 is 14.2 Å². The van der Waals surface area contributed by atoms with Gasteiger partial charge in [-0.3, -0.25) is 9.69 Å². The van der Waals surface area contributed by atoms with E-state index < -0.39 is 18.3 Å². The Kier molecular flexibility index (Phi) is 6.14. The number of rotatable bonds is 5. The van der Waals surface area contributed by atoms with Crippen LogP contribution in [0.4, 0.5) is 4.39 Å². The number of nitrogens with zero attached hydrogens (tertiary/aromatic N) is 2. The molecule has 0 unspecified atom stereocenters. The van der Waals surface area contributed by atoms with Crippen LogP contribution in [0.2, 0.25) is 0 Å². The van der Waals surface area contributed by atoms with Crippen molar-refractivity contribution in [1.29, 1.82) is 0 Å². The van der Waals surface area contributed by atoms with E-state index in [9.17, 15) is 4.79 Å². The van der Waals surface area contributed by atoms with Crippen LogP contribution in [-0.2, 0) is 20.6 Å². The van der Waals surface area contributed by atoms with Gasteiger partial charge in [-0.15, -0.1) is 0 Å². The monoisotopic (exact) mass is 404 g/mol. The lowest BCUT2D eigenvalue weighted by molar-refractivity contribution is -0.136. The molecule has 29 heavy (non-hydrogen) atoms. The third kappa shape index (κ3) is 4.52. The van der Waals surface area contributed by atoms with Crippen LogP contribution in [0.5, 0.6) is 0 Å². The first-order chi connectivity index (χ1) is 13.4. The van der Waals surface area contributed by atoms with E-state index >= 15 is 4.39 Å². The van der Waals surface area contributed by atoms with Crippen LogP contribution in [-0.4, -0.2) is 60.2 Å². The van der Waals surface area contributed by atoms with E-state index in [1.165, 1.54) is 0 Å². The summed E-state index contributed by atoms with van der Waals surface area (Å²) in [5.74, 6) is 0.326. The van der Waals surface area contributed by atoms with Crippen molar-refractivity contribution in [3.63, 3.8) is 0 Å². The summed E-state index contributed by atoms with van der Waals surface area (Å²) in [4.78, 5) is 16.6. The van der Waals surface area contributed by atoms with Crippen LogP contribution in [0.3, 0.4) is 0 Å². The summed E-state index contributed by atoms with van der Waals surface area (Å²) >= 11 is 0. The van der Waals surface area contributed by atoms with E-state index in [-0.39, 0.29) is 11.7 Å². The standard InChI is InChI=1S/C22H34BFN2O3/c1-15(2)12-25-10-11-26(19(27)14-25)13-17-8-9-18(20(24)16(17)3)23-28-21(4,5)22(6,7)29-23/h8-9,15H,10-14H2,1-7H3. The largest absolute Gasteiger partial charge is 0.497 e. The van der Waals surface area contributed by atoms with E-state index in [1.807, 2.05) is 38.7 Å². The average molecular weight is 404 g/mol. The van der Waals surface area contributed by atoms with Gasteiger partial charge in [0.1, 0.15) is 5.82 Å². The van der Waals surface area contributed by atoms with Gasteiger partial charge in [0.05, 0.1) is 17.7 Å². The molecule has 3 rings (SSSR count). The van der Waals surface area contributed by atoms with E-state index in [1.54, 1.807) is 13.0 Å². The van der Waals surface area contributed by atoms with E-state index in [2.05, 4.69) is 18.7 Å². The number of carbonyl (C=O) groups is 1. The summed E-state index contributed by atoms with van der Waals surface area (Å²) in [6.45, 7) is 17.2. The van der Waals surface area contributed by atoms with Gasteiger partial charge in [0.25, 0.3) is 0 Å². The van der Waals surface area contributed by atoms with Crippen molar-refractivity contribution in [2.24, 2.45) is 5.92 Å². The van der Waals surface area contributed by atoms with Gasteiger partial charge in [-0.1, -0.05) is 26.0 Å². The third-order valence-corrected chi connectivity index (χ3v) is 6.42. The molecule has 1 amide bonds. The second-order valence-electron chi connectivity index (χ2n) is 9.79. The number of halogens is 1. The van der Waals surface area contributed by atoms with Gasteiger partial charge in [-0.2, -0.15) is 0 Å². The molecule has 7 heteroatoms. The van der Waals surface area contributed by atoms with Crippen molar-refractivity contribution in [3.05, 3.63) is 29.1 Å². The van der Waals surface area contributed by atoms with Crippen molar-refractivity contribution in [2.75, 3.05) is 26.2 Å². The van der Waals surface area contributed by atoms with Crippen LogP contribution in [0.25, 0.3) is 0 Å². The Morgan fingerprint density at radius 2 is 1.76 bits per heavy atom. The number of hydrogen-bond acceptors (Lipinski definition) is 4. The van der Waals surface area contributed by atoms with Gasteiger partial charge in [-0.25, -0.2) is 4.39 Å². The molecule has 2 heterocycles. The summed E-state index contributed by atoms with van der Waals surface area (Å²) < 4.78 is 27.2. The van der Waals surface area contributed by atoms with Crippen LogP contribution >= 0.6 is 0 Å². The molecule has 0 aromatic heterocycles. The predicted octanol–water partition coefficient (Wildman–Crippen LogP) is 2.73. The highest BCUT2D eigenvalue weighted by atomic mass is 19.1. The van der Waals surface area contributed by atoms with Crippen LogP contribution in [0.1, 0.15) is 52.7 Å². The zero-order valence-corrected chi connectivity index (χ0v) is 18.8. The molecule has 0 atom stereocenters. The average Bonchev–Trinajstić information content (AvgIpc) is 2.81. The smallest absolute Gasteiger partial charge is 0.399 e. The Hall–Kier alpha value is -1.44. The normalized spacial score (nSPS) is 22.0. The highest BCUT2D eigenvalue weighted by Gasteiger charge is 2.52. The molecule has 0 aliphatic carbocycles. The number of amides is 1. The molecular formula is C22H34BFN2O3. The van der Waals surface area contributed by atoms with Crippen molar-refractivity contribution in [3.8, 4) is 0 Å². The number of benzene rings is 1. The highest BCUT2D eigenvalue weighted by molar-refractivity contribution is 6.62. The summed E-state index contributed by atoms with van der Waals surface area (Å²) in [6, 6.07) is 3.63. The summed E-state index contributed by atoms with van der Waals surface area (Å²) in [5.41, 5.74) is 0.762. The lowest BCUT2D eigenvalue weighted by atomic mass is 9.77. The molecule has 1 aromatic carbocycles. The molecule has 0 radical (unpaired) electrons.